The molecule has 2 aromatic rings. The summed E-state index contributed by atoms with van der Waals surface area (Å²) in [5.41, 5.74) is 4.25. The van der Waals surface area contributed by atoms with Crippen molar-refractivity contribution < 1.29 is 9.59 Å². The molecule has 2 aliphatic carbocycles. The Morgan fingerprint density at radius 1 is 1.16 bits per heavy atom. The van der Waals surface area contributed by atoms with Crippen LogP contribution in [0.25, 0.3) is 0 Å². The molecule has 0 radical (unpaired) electrons. The normalized spacial score (nSPS) is 25.8. The molecule has 1 aromatic heterocycles. The number of carbonyl (C=O) groups is 2. The number of nitriles is 1. The van der Waals surface area contributed by atoms with Gasteiger partial charge in [-0.25, -0.2) is 19.8 Å². The van der Waals surface area contributed by atoms with Gasteiger partial charge in [-0.05, 0) is 70.2 Å². The van der Waals surface area contributed by atoms with Gasteiger partial charge in [-0.3, -0.25) is 15.1 Å². The maximum Gasteiger partial charge on any atom is 0.339 e. The Labute approximate surface area is 218 Å². The number of benzene rings is 1. The number of hydrogen-bond acceptors (Lipinski definition) is 6. The van der Waals surface area contributed by atoms with E-state index in [4.69, 9.17) is 5.26 Å². The number of hydrazine groups is 1. The highest BCUT2D eigenvalue weighted by Gasteiger charge is 2.55. The molecule has 0 atom stereocenters. The zero-order valence-electron chi connectivity index (χ0n) is 21.7. The summed E-state index contributed by atoms with van der Waals surface area (Å²) in [6.45, 7) is 1.23. The fourth-order valence-electron chi connectivity index (χ4n) is 6.29. The number of carbonyl (C=O) groups excluding carboxylic acids is 2. The van der Waals surface area contributed by atoms with Crippen molar-refractivity contribution >= 4 is 11.9 Å². The van der Waals surface area contributed by atoms with Crippen LogP contribution in [0.5, 0.6) is 0 Å². The Kier molecular flexibility index (Phi) is 6.86. The van der Waals surface area contributed by atoms with Gasteiger partial charge in [0.1, 0.15) is 6.07 Å². The fourth-order valence-corrected chi connectivity index (χ4v) is 6.29. The molecule has 0 bridgehead atoms. The van der Waals surface area contributed by atoms with Crippen LogP contribution in [0.4, 0.5) is 4.79 Å². The van der Waals surface area contributed by atoms with Crippen LogP contribution in [0.1, 0.15) is 62.0 Å². The molecule has 1 aliphatic heterocycles. The third-order valence-electron chi connectivity index (χ3n) is 8.74. The molecule has 5 rings (SSSR count). The number of aromatic nitrogens is 2. The number of urea groups is 1. The molecule has 37 heavy (non-hydrogen) atoms. The summed E-state index contributed by atoms with van der Waals surface area (Å²) in [6.07, 6.45) is 8.63. The van der Waals surface area contributed by atoms with E-state index >= 15 is 0 Å². The maximum absolute atomic E-state index is 13.7. The van der Waals surface area contributed by atoms with E-state index in [9.17, 15) is 9.59 Å². The van der Waals surface area contributed by atoms with E-state index in [1.54, 1.807) is 6.07 Å². The molecular weight excluding hydrogens is 466 g/mol. The monoisotopic (exact) mass is 501 g/mol. The first-order valence-corrected chi connectivity index (χ1v) is 13.2. The van der Waals surface area contributed by atoms with Crippen LogP contribution in [-0.4, -0.2) is 69.4 Å². The molecule has 3 fully saturated rings. The standard InChI is InChI=1S/C28H35N7O2/c1-33(2)28(22-9-4-3-5-10-22)14-12-27(13-15-28)20-35(26(37)34(27)19-21-7-6-8-21)32-25(36)17-23-11-16-30-24(18-29)31-23/h3-5,9-11,16,21H,6-8,12-15,17,19-20H2,1-2H3,(H,32,36). The second kappa shape index (κ2) is 10.1. The van der Waals surface area contributed by atoms with Gasteiger partial charge in [-0.2, -0.15) is 5.26 Å². The first-order chi connectivity index (χ1) is 17.8. The van der Waals surface area contributed by atoms with E-state index < -0.39 is 0 Å². The third-order valence-corrected chi connectivity index (χ3v) is 8.74. The van der Waals surface area contributed by atoms with Crippen molar-refractivity contribution in [2.24, 2.45) is 5.92 Å². The number of hydrogen-bond donors (Lipinski definition) is 1. The summed E-state index contributed by atoms with van der Waals surface area (Å²) in [5, 5.41) is 10.5. The second-order valence-electron chi connectivity index (χ2n) is 11.0. The number of rotatable bonds is 7. The minimum absolute atomic E-state index is 0.0195. The number of nitrogens with one attached hydrogen (secondary N) is 1. The Balaban J connectivity index is 1.34. The van der Waals surface area contributed by atoms with Gasteiger partial charge < -0.3 is 4.90 Å². The van der Waals surface area contributed by atoms with Crippen molar-refractivity contribution in [1.82, 2.24) is 30.2 Å². The van der Waals surface area contributed by atoms with Crippen LogP contribution in [0.15, 0.2) is 42.6 Å². The topological polar surface area (TPSA) is 105 Å². The van der Waals surface area contributed by atoms with Gasteiger partial charge in [0.15, 0.2) is 0 Å². The largest absolute Gasteiger partial charge is 0.339 e. The summed E-state index contributed by atoms with van der Waals surface area (Å²) in [5.74, 6) is 0.244. The van der Waals surface area contributed by atoms with Gasteiger partial charge in [-0.1, -0.05) is 36.8 Å². The van der Waals surface area contributed by atoms with Gasteiger partial charge in [0.2, 0.25) is 11.7 Å². The predicted molar refractivity (Wildman–Crippen MR) is 138 cm³/mol. The maximum atomic E-state index is 13.7. The van der Waals surface area contributed by atoms with Gasteiger partial charge in [0.05, 0.1) is 24.2 Å². The summed E-state index contributed by atoms with van der Waals surface area (Å²) >= 11 is 0. The average molecular weight is 502 g/mol. The Hall–Kier alpha value is -3.51. The van der Waals surface area contributed by atoms with Crippen LogP contribution in [-0.2, 0) is 16.8 Å². The van der Waals surface area contributed by atoms with Crippen LogP contribution in [0.3, 0.4) is 0 Å². The molecule has 1 saturated heterocycles. The molecule has 3 aliphatic rings. The molecule has 1 aromatic carbocycles. The molecule has 1 N–H and O–H groups in total. The molecular formula is C28H35N7O2. The quantitative estimate of drug-likeness (QED) is 0.625. The Morgan fingerprint density at radius 3 is 2.51 bits per heavy atom. The molecule has 0 unspecified atom stereocenters. The van der Waals surface area contributed by atoms with Crippen LogP contribution in [0, 0.1) is 17.2 Å². The van der Waals surface area contributed by atoms with Crippen molar-refractivity contribution in [1.29, 1.82) is 5.26 Å². The summed E-state index contributed by atoms with van der Waals surface area (Å²) in [6, 6.07) is 14.1. The van der Waals surface area contributed by atoms with Crippen LogP contribution < -0.4 is 5.43 Å². The first-order valence-electron chi connectivity index (χ1n) is 13.2. The van der Waals surface area contributed by atoms with E-state index in [0.29, 0.717) is 18.2 Å². The highest BCUT2D eigenvalue weighted by molar-refractivity contribution is 5.84. The van der Waals surface area contributed by atoms with Crippen molar-refractivity contribution in [3.63, 3.8) is 0 Å². The highest BCUT2D eigenvalue weighted by Crippen LogP contribution is 2.49. The predicted octanol–water partition coefficient (Wildman–Crippen LogP) is 3.23. The minimum Gasteiger partial charge on any atom is -0.315 e. The molecule has 2 saturated carbocycles. The lowest BCUT2D eigenvalue weighted by molar-refractivity contribution is -0.124. The SMILES string of the molecule is CN(C)C1(c2ccccc2)CCC2(CC1)CN(NC(=O)Cc1ccnc(C#N)n1)C(=O)N2CC1CCC1. The van der Waals surface area contributed by atoms with Gasteiger partial charge in [0, 0.05) is 18.3 Å². The fraction of sp³-hybridized carbons (Fsp3) is 0.536. The van der Waals surface area contributed by atoms with Crippen molar-refractivity contribution in [3.05, 3.63) is 59.7 Å². The highest BCUT2D eigenvalue weighted by atomic mass is 16.2. The summed E-state index contributed by atoms with van der Waals surface area (Å²) in [7, 11) is 4.29. The molecule has 2 heterocycles. The molecule has 1 spiro atoms. The van der Waals surface area contributed by atoms with E-state index in [1.165, 1.54) is 23.2 Å². The van der Waals surface area contributed by atoms with Gasteiger partial charge in [0.25, 0.3) is 0 Å². The third kappa shape index (κ3) is 4.78. The van der Waals surface area contributed by atoms with Crippen LogP contribution >= 0.6 is 0 Å². The molecule has 194 valence electrons. The van der Waals surface area contributed by atoms with E-state index in [1.807, 2.05) is 6.07 Å². The lowest BCUT2D eigenvalue weighted by atomic mass is 9.68. The Bertz CT molecular complexity index is 1180. The van der Waals surface area contributed by atoms with E-state index in [-0.39, 0.29) is 35.3 Å². The lowest BCUT2D eigenvalue weighted by Gasteiger charge is -2.51. The number of nitrogens with zero attached hydrogens (tertiary/aromatic N) is 6. The summed E-state index contributed by atoms with van der Waals surface area (Å²) < 4.78 is 0. The zero-order chi connectivity index (χ0) is 26.0. The molecule has 9 nitrogen and oxygen atoms in total. The Morgan fingerprint density at radius 2 is 1.89 bits per heavy atom. The summed E-state index contributed by atoms with van der Waals surface area (Å²) in [4.78, 5) is 38.9. The minimum atomic E-state index is -0.320. The van der Waals surface area contributed by atoms with E-state index in [2.05, 4.69) is 69.6 Å². The first kappa shape index (κ1) is 25.2. The van der Waals surface area contributed by atoms with Crippen molar-refractivity contribution in [2.75, 3.05) is 27.2 Å². The lowest BCUT2D eigenvalue weighted by Crippen LogP contribution is -2.56. The van der Waals surface area contributed by atoms with Crippen molar-refractivity contribution in [3.8, 4) is 6.07 Å². The van der Waals surface area contributed by atoms with E-state index in [0.717, 1.165) is 45.1 Å². The average Bonchev–Trinajstić information content (AvgIpc) is 3.12. The van der Waals surface area contributed by atoms with Gasteiger partial charge in [-0.15, -0.1) is 0 Å². The van der Waals surface area contributed by atoms with Gasteiger partial charge >= 0.3 is 6.03 Å². The smallest absolute Gasteiger partial charge is 0.315 e. The van der Waals surface area contributed by atoms with Crippen LogP contribution in [0.2, 0.25) is 0 Å². The molecule has 9 heteroatoms. The molecule has 3 amide bonds. The zero-order valence-corrected chi connectivity index (χ0v) is 21.7. The second-order valence-corrected chi connectivity index (χ2v) is 11.0. The number of amides is 3. The van der Waals surface area contributed by atoms with Crippen molar-refractivity contribution in [2.45, 2.75) is 62.4 Å².